The summed E-state index contributed by atoms with van der Waals surface area (Å²) in [5.41, 5.74) is 3.18. The highest BCUT2D eigenvalue weighted by atomic mass is 16.2. The third-order valence-corrected chi connectivity index (χ3v) is 5.88. The highest BCUT2D eigenvalue weighted by Gasteiger charge is 2.29. The van der Waals surface area contributed by atoms with Gasteiger partial charge in [0.25, 0.3) is 0 Å². The van der Waals surface area contributed by atoms with Gasteiger partial charge < -0.3 is 15.6 Å². The number of hydrogen-bond acceptors (Lipinski definition) is 2. The standard InChI is InChI=1S/C24H27N3O2/c28-23(25-15-14-19-16-26-22-9-5-4-8-21(19)22)17-10-12-18(13-11-17)24(29)27-20-6-2-1-3-7-20/h1-9,16-18,26H,10-15H2,(H,25,28)(H,27,29). The number of aromatic nitrogens is 1. The van der Waals surface area contributed by atoms with Crippen LogP contribution in [0.25, 0.3) is 10.9 Å². The number of carbonyl (C=O) groups is 2. The molecule has 5 heteroatoms. The molecule has 0 saturated heterocycles. The molecule has 1 saturated carbocycles. The van der Waals surface area contributed by atoms with Crippen molar-refractivity contribution < 1.29 is 9.59 Å². The summed E-state index contributed by atoms with van der Waals surface area (Å²) in [7, 11) is 0. The van der Waals surface area contributed by atoms with Gasteiger partial charge in [0.1, 0.15) is 0 Å². The number of carbonyl (C=O) groups excluding carboxylic acids is 2. The smallest absolute Gasteiger partial charge is 0.227 e. The van der Waals surface area contributed by atoms with Crippen LogP contribution in [0.1, 0.15) is 31.2 Å². The summed E-state index contributed by atoms with van der Waals surface area (Å²) in [6.45, 7) is 0.634. The summed E-state index contributed by atoms with van der Waals surface area (Å²) in [5.74, 6) is 0.186. The summed E-state index contributed by atoms with van der Waals surface area (Å²) < 4.78 is 0. The number of aromatic amines is 1. The summed E-state index contributed by atoms with van der Waals surface area (Å²) in [6, 6.07) is 17.7. The Bertz CT molecular complexity index is 972. The number of anilines is 1. The number of benzene rings is 2. The Hall–Kier alpha value is -3.08. The maximum atomic E-state index is 12.5. The molecule has 0 radical (unpaired) electrons. The van der Waals surface area contributed by atoms with E-state index in [1.165, 1.54) is 10.9 Å². The van der Waals surface area contributed by atoms with Gasteiger partial charge in [-0.25, -0.2) is 0 Å². The van der Waals surface area contributed by atoms with Crippen molar-refractivity contribution in [2.45, 2.75) is 32.1 Å². The Morgan fingerprint density at radius 1 is 0.862 bits per heavy atom. The minimum atomic E-state index is -0.00882. The van der Waals surface area contributed by atoms with Crippen LogP contribution in [0.4, 0.5) is 5.69 Å². The van der Waals surface area contributed by atoms with E-state index in [9.17, 15) is 9.59 Å². The highest BCUT2D eigenvalue weighted by molar-refractivity contribution is 5.92. The van der Waals surface area contributed by atoms with Crippen LogP contribution in [0.2, 0.25) is 0 Å². The summed E-state index contributed by atoms with van der Waals surface area (Å²) >= 11 is 0. The monoisotopic (exact) mass is 389 g/mol. The molecule has 0 unspecified atom stereocenters. The van der Waals surface area contributed by atoms with E-state index in [-0.39, 0.29) is 23.7 Å². The molecule has 2 amide bonds. The Labute approximate surface area is 170 Å². The van der Waals surface area contributed by atoms with Gasteiger partial charge in [-0.1, -0.05) is 36.4 Å². The Morgan fingerprint density at radius 3 is 2.28 bits per heavy atom. The zero-order valence-corrected chi connectivity index (χ0v) is 16.5. The minimum absolute atomic E-state index is 0.00882. The van der Waals surface area contributed by atoms with Crippen LogP contribution in [-0.4, -0.2) is 23.3 Å². The van der Waals surface area contributed by atoms with Crippen molar-refractivity contribution in [2.75, 3.05) is 11.9 Å². The first-order valence-corrected chi connectivity index (χ1v) is 10.4. The molecule has 5 nitrogen and oxygen atoms in total. The van der Waals surface area contributed by atoms with Crippen LogP contribution in [0.15, 0.2) is 60.8 Å². The lowest BCUT2D eigenvalue weighted by Gasteiger charge is -2.27. The van der Waals surface area contributed by atoms with Crippen molar-refractivity contribution in [3.8, 4) is 0 Å². The van der Waals surface area contributed by atoms with Crippen molar-refractivity contribution in [3.63, 3.8) is 0 Å². The average molecular weight is 389 g/mol. The molecule has 3 N–H and O–H groups in total. The molecule has 0 aliphatic heterocycles. The second kappa shape index (κ2) is 8.95. The zero-order chi connectivity index (χ0) is 20.1. The van der Waals surface area contributed by atoms with Crippen molar-refractivity contribution in [1.82, 2.24) is 10.3 Å². The van der Waals surface area contributed by atoms with Crippen molar-refractivity contribution >= 4 is 28.4 Å². The fraction of sp³-hybridized carbons (Fsp3) is 0.333. The van der Waals surface area contributed by atoms with Crippen LogP contribution >= 0.6 is 0 Å². The lowest BCUT2D eigenvalue weighted by Crippen LogP contribution is -2.36. The van der Waals surface area contributed by atoms with E-state index in [4.69, 9.17) is 0 Å². The third kappa shape index (κ3) is 4.67. The maximum Gasteiger partial charge on any atom is 0.227 e. The predicted molar refractivity (Wildman–Crippen MR) is 116 cm³/mol. The predicted octanol–water partition coefficient (Wildman–Crippen LogP) is 4.27. The fourth-order valence-electron chi connectivity index (χ4n) is 4.19. The maximum absolute atomic E-state index is 12.5. The lowest BCUT2D eigenvalue weighted by atomic mass is 9.81. The Balaban J connectivity index is 1.21. The number of amides is 2. The largest absolute Gasteiger partial charge is 0.361 e. The molecule has 0 bridgehead atoms. The first-order valence-electron chi connectivity index (χ1n) is 10.4. The number of H-pyrrole nitrogens is 1. The quantitative estimate of drug-likeness (QED) is 0.589. The van der Waals surface area contributed by atoms with Gasteiger partial charge in [0.05, 0.1) is 0 Å². The second-order valence-electron chi connectivity index (χ2n) is 7.80. The van der Waals surface area contributed by atoms with E-state index in [1.54, 1.807) is 0 Å². The number of hydrogen-bond donors (Lipinski definition) is 3. The normalized spacial score (nSPS) is 19.0. The molecule has 4 rings (SSSR count). The SMILES string of the molecule is O=C(NCCc1c[nH]c2ccccc12)C1CCC(C(=O)Nc2ccccc2)CC1. The van der Waals surface area contributed by atoms with Crippen LogP contribution in [0.3, 0.4) is 0 Å². The van der Waals surface area contributed by atoms with E-state index in [1.807, 2.05) is 48.7 Å². The van der Waals surface area contributed by atoms with Crippen LogP contribution in [-0.2, 0) is 16.0 Å². The molecule has 29 heavy (non-hydrogen) atoms. The van der Waals surface area contributed by atoms with E-state index >= 15 is 0 Å². The Kier molecular flexibility index (Phi) is 5.94. The number of para-hydroxylation sites is 2. The molecule has 1 fully saturated rings. The van der Waals surface area contributed by atoms with Gasteiger partial charge >= 0.3 is 0 Å². The van der Waals surface area contributed by atoms with E-state index in [0.717, 1.165) is 43.3 Å². The van der Waals surface area contributed by atoms with Crippen molar-refractivity contribution in [2.24, 2.45) is 11.8 Å². The van der Waals surface area contributed by atoms with Gasteiger partial charge in [-0.3, -0.25) is 9.59 Å². The molecule has 1 aliphatic carbocycles. The molecule has 3 aromatic rings. The fourth-order valence-corrected chi connectivity index (χ4v) is 4.19. The summed E-state index contributed by atoms with van der Waals surface area (Å²) in [6.07, 6.45) is 5.90. The number of rotatable bonds is 6. The molecule has 0 atom stereocenters. The highest BCUT2D eigenvalue weighted by Crippen LogP contribution is 2.30. The van der Waals surface area contributed by atoms with Gasteiger partial charge in [0, 0.05) is 41.2 Å². The topological polar surface area (TPSA) is 74.0 Å². The first kappa shape index (κ1) is 19.2. The van der Waals surface area contributed by atoms with Gasteiger partial charge in [0.15, 0.2) is 0 Å². The molecule has 0 spiro atoms. The number of nitrogens with one attached hydrogen (secondary N) is 3. The average Bonchev–Trinajstić information content (AvgIpc) is 3.18. The molecule has 2 aromatic carbocycles. The van der Waals surface area contributed by atoms with Gasteiger partial charge in [-0.05, 0) is 55.9 Å². The van der Waals surface area contributed by atoms with E-state index in [0.29, 0.717) is 6.54 Å². The Morgan fingerprint density at radius 2 is 1.52 bits per heavy atom. The second-order valence-corrected chi connectivity index (χ2v) is 7.80. The molecule has 1 aliphatic rings. The zero-order valence-electron chi connectivity index (χ0n) is 16.5. The summed E-state index contributed by atoms with van der Waals surface area (Å²) in [4.78, 5) is 28.2. The molecule has 1 aromatic heterocycles. The van der Waals surface area contributed by atoms with Gasteiger partial charge in [-0.15, -0.1) is 0 Å². The van der Waals surface area contributed by atoms with Crippen LogP contribution < -0.4 is 10.6 Å². The first-order chi connectivity index (χ1) is 14.2. The molecule has 1 heterocycles. The number of fused-ring (bicyclic) bond motifs is 1. The van der Waals surface area contributed by atoms with Gasteiger partial charge in [-0.2, -0.15) is 0 Å². The van der Waals surface area contributed by atoms with E-state index < -0.39 is 0 Å². The van der Waals surface area contributed by atoms with Crippen molar-refractivity contribution in [1.29, 1.82) is 0 Å². The van der Waals surface area contributed by atoms with Crippen molar-refractivity contribution in [3.05, 3.63) is 66.4 Å². The summed E-state index contributed by atoms with van der Waals surface area (Å²) in [5, 5.41) is 7.28. The molecule has 150 valence electrons. The molecular weight excluding hydrogens is 362 g/mol. The minimum Gasteiger partial charge on any atom is -0.361 e. The lowest BCUT2D eigenvalue weighted by molar-refractivity contribution is -0.128. The molecular formula is C24H27N3O2. The van der Waals surface area contributed by atoms with Gasteiger partial charge in [0.2, 0.25) is 11.8 Å². The van der Waals surface area contributed by atoms with Crippen LogP contribution in [0.5, 0.6) is 0 Å². The van der Waals surface area contributed by atoms with Crippen LogP contribution in [0, 0.1) is 11.8 Å². The van der Waals surface area contributed by atoms with E-state index in [2.05, 4.69) is 27.8 Å². The third-order valence-electron chi connectivity index (χ3n) is 5.88.